The molecule has 1 atom stereocenters. The maximum absolute atomic E-state index is 12.9. The molecular weight excluding hydrogens is 354 g/mol. The molecule has 0 bridgehead atoms. The summed E-state index contributed by atoms with van der Waals surface area (Å²) >= 11 is 0. The predicted molar refractivity (Wildman–Crippen MR) is 110 cm³/mol. The Morgan fingerprint density at radius 3 is 2.21 bits per heavy atom. The molecule has 1 aromatic rings. The fraction of sp³-hybridized carbons (Fsp3) is 0.565. The number of hydrogen-bond donors (Lipinski definition) is 1. The predicted octanol–water partition coefficient (Wildman–Crippen LogP) is 4.55. The highest BCUT2D eigenvalue weighted by atomic mass is 16.5. The summed E-state index contributed by atoms with van der Waals surface area (Å²) in [6, 6.07) is 7.37. The molecule has 1 aliphatic rings. The van der Waals surface area contributed by atoms with Crippen LogP contribution in [0, 0.1) is 5.92 Å². The van der Waals surface area contributed by atoms with Crippen molar-refractivity contribution in [2.24, 2.45) is 5.92 Å². The molecule has 0 saturated carbocycles. The standard InChI is InChI=1S/C23H33NO4/c1-14(2)13-19(25)20-21(18-9-7-17(8-10-18)15(3)4)24(23(27)22(20)26)11-12-28-16(5)6/h7-10,14-16,21,26H,11-13H2,1-6H3. The lowest BCUT2D eigenvalue weighted by Gasteiger charge is -2.27. The second-order valence-electron chi connectivity index (χ2n) is 8.43. The van der Waals surface area contributed by atoms with Gasteiger partial charge in [0, 0.05) is 13.0 Å². The van der Waals surface area contributed by atoms with Crippen LogP contribution in [0.3, 0.4) is 0 Å². The van der Waals surface area contributed by atoms with Crippen LogP contribution < -0.4 is 0 Å². The molecule has 28 heavy (non-hydrogen) atoms. The van der Waals surface area contributed by atoms with Crippen molar-refractivity contribution in [1.29, 1.82) is 0 Å². The lowest BCUT2D eigenvalue weighted by Crippen LogP contribution is -2.34. The van der Waals surface area contributed by atoms with Crippen LogP contribution >= 0.6 is 0 Å². The Hall–Kier alpha value is -2.14. The monoisotopic (exact) mass is 387 g/mol. The quantitative estimate of drug-likeness (QED) is 0.675. The Labute approximate surface area is 168 Å². The molecule has 5 nitrogen and oxygen atoms in total. The van der Waals surface area contributed by atoms with Crippen molar-refractivity contribution in [3.8, 4) is 0 Å². The molecule has 0 spiro atoms. The number of ether oxygens (including phenoxy) is 1. The lowest BCUT2D eigenvalue weighted by molar-refractivity contribution is -0.130. The number of ketones is 1. The summed E-state index contributed by atoms with van der Waals surface area (Å²) in [5, 5.41) is 10.5. The molecule has 154 valence electrons. The number of Topliss-reactive ketones (excluding diaryl/α,β-unsaturated/α-hetero) is 1. The third-order valence-corrected chi connectivity index (χ3v) is 4.90. The zero-order chi connectivity index (χ0) is 21.0. The molecule has 0 aromatic heterocycles. The van der Waals surface area contributed by atoms with E-state index in [2.05, 4.69) is 13.8 Å². The van der Waals surface area contributed by atoms with Crippen LogP contribution in [0.4, 0.5) is 0 Å². The highest BCUT2D eigenvalue weighted by molar-refractivity contribution is 6.09. The maximum atomic E-state index is 12.9. The molecule has 1 heterocycles. The molecule has 1 N–H and O–H groups in total. The first kappa shape index (κ1) is 22.2. The number of carbonyl (C=O) groups is 2. The normalized spacial score (nSPS) is 17.5. The number of nitrogens with zero attached hydrogens (tertiary/aromatic N) is 1. The van der Waals surface area contributed by atoms with Crippen molar-refractivity contribution in [3.63, 3.8) is 0 Å². The van der Waals surface area contributed by atoms with Gasteiger partial charge in [0.25, 0.3) is 5.91 Å². The van der Waals surface area contributed by atoms with E-state index in [9.17, 15) is 14.7 Å². The molecule has 2 rings (SSSR count). The fourth-order valence-electron chi connectivity index (χ4n) is 3.45. The van der Waals surface area contributed by atoms with Gasteiger partial charge in [0.2, 0.25) is 0 Å². The van der Waals surface area contributed by atoms with E-state index in [4.69, 9.17) is 4.74 Å². The summed E-state index contributed by atoms with van der Waals surface area (Å²) < 4.78 is 5.60. The Morgan fingerprint density at radius 2 is 1.71 bits per heavy atom. The molecule has 5 heteroatoms. The van der Waals surface area contributed by atoms with E-state index >= 15 is 0 Å². The van der Waals surface area contributed by atoms with Crippen LogP contribution in [0.1, 0.15) is 71.0 Å². The van der Waals surface area contributed by atoms with Crippen LogP contribution in [-0.2, 0) is 14.3 Å². The molecule has 0 aliphatic carbocycles. The summed E-state index contributed by atoms with van der Waals surface area (Å²) in [6.45, 7) is 12.7. The van der Waals surface area contributed by atoms with E-state index in [1.807, 2.05) is 52.0 Å². The van der Waals surface area contributed by atoms with Crippen LogP contribution in [-0.4, -0.2) is 41.0 Å². The van der Waals surface area contributed by atoms with Crippen LogP contribution in [0.5, 0.6) is 0 Å². The van der Waals surface area contributed by atoms with Crippen molar-refractivity contribution < 1.29 is 19.4 Å². The van der Waals surface area contributed by atoms with Gasteiger partial charge >= 0.3 is 0 Å². The van der Waals surface area contributed by atoms with Gasteiger partial charge in [-0.1, -0.05) is 52.0 Å². The third kappa shape index (κ3) is 5.02. The van der Waals surface area contributed by atoms with Gasteiger partial charge in [-0.25, -0.2) is 0 Å². The second-order valence-corrected chi connectivity index (χ2v) is 8.43. The van der Waals surface area contributed by atoms with Gasteiger partial charge in [-0.05, 0) is 36.8 Å². The Balaban J connectivity index is 2.40. The average molecular weight is 388 g/mol. The minimum Gasteiger partial charge on any atom is -0.503 e. The van der Waals surface area contributed by atoms with E-state index in [1.165, 1.54) is 5.56 Å². The summed E-state index contributed by atoms with van der Waals surface area (Å²) in [7, 11) is 0. The zero-order valence-electron chi connectivity index (χ0n) is 17.9. The molecule has 0 radical (unpaired) electrons. The van der Waals surface area contributed by atoms with Crippen molar-refractivity contribution in [3.05, 3.63) is 46.7 Å². The minimum absolute atomic E-state index is 0.0464. The van der Waals surface area contributed by atoms with Crippen LogP contribution in [0.15, 0.2) is 35.6 Å². The van der Waals surface area contributed by atoms with E-state index in [0.29, 0.717) is 25.5 Å². The first-order valence-electron chi connectivity index (χ1n) is 10.1. The fourth-order valence-corrected chi connectivity index (χ4v) is 3.45. The minimum atomic E-state index is -0.573. The molecule has 1 aliphatic heterocycles. The number of amides is 1. The molecular formula is C23H33NO4. The number of benzene rings is 1. The number of carbonyl (C=O) groups excluding carboxylic acids is 2. The highest BCUT2D eigenvalue weighted by Gasteiger charge is 2.43. The molecule has 1 amide bonds. The zero-order valence-corrected chi connectivity index (χ0v) is 17.9. The molecule has 1 aromatic carbocycles. The Bertz CT molecular complexity index is 731. The van der Waals surface area contributed by atoms with Crippen LogP contribution in [0.25, 0.3) is 0 Å². The van der Waals surface area contributed by atoms with E-state index < -0.39 is 17.7 Å². The second kappa shape index (κ2) is 9.37. The number of aliphatic hydroxyl groups excluding tert-OH is 1. The first-order valence-corrected chi connectivity index (χ1v) is 10.1. The van der Waals surface area contributed by atoms with E-state index in [1.54, 1.807) is 4.90 Å². The van der Waals surface area contributed by atoms with Crippen LogP contribution in [0.2, 0.25) is 0 Å². The summed E-state index contributed by atoms with van der Waals surface area (Å²) in [5.41, 5.74) is 2.23. The van der Waals surface area contributed by atoms with Crippen molar-refractivity contribution >= 4 is 11.7 Å². The topological polar surface area (TPSA) is 66.8 Å². The lowest BCUT2D eigenvalue weighted by atomic mass is 9.91. The van der Waals surface area contributed by atoms with Gasteiger partial charge in [-0.15, -0.1) is 0 Å². The molecule has 1 unspecified atom stereocenters. The van der Waals surface area contributed by atoms with Crippen molar-refractivity contribution in [2.75, 3.05) is 13.2 Å². The highest BCUT2D eigenvalue weighted by Crippen LogP contribution is 2.38. The maximum Gasteiger partial charge on any atom is 0.290 e. The van der Waals surface area contributed by atoms with Gasteiger partial charge in [0.05, 0.1) is 24.3 Å². The number of aliphatic hydroxyl groups is 1. The van der Waals surface area contributed by atoms with Gasteiger partial charge < -0.3 is 14.7 Å². The van der Waals surface area contributed by atoms with E-state index in [0.717, 1.165) is 5.56 Å². The van der Waals surface area contributed by atoms with Gasteiger partial charge in [0.1, 0.15) is 0 Å². The summed E-state index contributed by atoms with van der Waals surface area (Å²) in [6.07, 6.45) is 0.342. The SMILES string of the molecule is CC(C)CC(=O)C1=C(O)C(=O)N(CCOC(C)C)C1c1ccc(C(C)C)cc1. The van der Waals surface area contributed by atoms with Gasteiger partial charge in [-0.2, -0.15) is 0 Å². The Morgan fingerprint density at radius 1 is 1.11 bits per heavy atom. The average Bonchev–Trinajstić information content (AvgIpc) is 2.86. The summed E-state index contributed by atoms with van der Waals surface area (Å²) in [4.78, 5) is 27.2. The summed E-state index contributed by atoms with van der Waals surface area (Å²) in [5.74, 6) is -0.567. The van der Waals surface area contributed by atoms with Crippen molar-refractivity contribution in [1.82, 2.24) is 4.90 Å². The number of rotatable bonds is 9. The molecule has 0 saturated heterocycles. The Kier molecular flexibility index (Phi) is 7.41. The van der Waals surface area contributed by atoms with Gasteiger partial charge in [0.15, 0.2) is 11.5 Å². The van der Waals surface area contributed by atoms with Gasteiger partial charge in [-0.3, -0.25) is 9.59 Å². The van der Waals surface area contributed by atoms with E-state index in [-0.39, 0.29) is 23.4 Å². The smallest absolute Gasteiger partial charge is 0.290 e. The van der Waals surface area contributed by atoms with Crippen molar-refractivity contribution in [2.45, 2.75) is 66.0 Å². The molecule has 0 fully saturated rings. The number of hydrogen-bond acceptors (Lipinski definition) is 4. The first-order chi connectivity index (χ1) is 13.1. The third-order valence-electron chi connectivity index (χ3n) is 4.90. The largest absolute Gasteiger partial charge is 0.503 e.